The first-order valence-electron chi connectivity index (χ1n) is 3.68. The van der Waals surface area contributed by atoms with Gasteiger partial charge in [-0.1, -0.05) is 12.1 Å². The molecule has 0 aliphatic heterocycles. The average molecular weight is 184 g/mol. The van der Waals surface area contributed by atoms with Crippen molar-refractivity contribution in [2.75, 3.05) is 0 Å². The first-order chi connectivity index (χ1) is 5.68. The zero-order valence-electron chi connectivity index (χ0n) is 7.03. The Morgan fingerprint density at radius 3 is 2.23 bits per heavy atom. The average Bonchev–Trinajstić information content (AvgIpc) is 2.03. The fourth-order valence-electron chi connectivity index (χ4n) is 0.914. The van der Waals surface area contributed by atoms with E-state index in [9.17, 15) is 4.79 Å². The number of aliphatic carboxylic acids is 1. The number of carboxylic acid groups (broad SMARTS) is 1. The molecule has 0 heterocycles. The van der Waals surface area contributed by atoms with Gasteiger partial charge in [-0.05, 0) is 24.1 Å². The third kappa shape index (κ3) is 4.12. The minimum atomic E-state index is -0.803. The van der Waals surface area contributed by atoms with Gasteiger partial charge in [0.25, 0.3) is 0 Å². The molecule has 0 aromatic heterocycles. The van der Waals surface area contributed by atoms with Crippen LogP contribution in [0.2, 0.25) is 0 Å². The van der Waals surface area contributed by atoms with Crippen LogP contribution in [0.15, 0.2) is 24.3 Å². The smallest absolute Gasteiger partial charge is 0.303 e. The second kappa shape index (κ2) is 5.16. The Balaban J connectivity index is 0.00000144. The van der Waals surface area contributed by atoms with Gasteiger partial charge in [-0.3, -0.25) is 4.79 Å². The topological polar surface area (TPSA) is 89.0 Å². The van der Waals surface area contributed by atoms with E-state index in [-0.39, 0.29) is 17.6 Å². The molecule has 0 saturated heterocycles. The standard InChI is InChI=1S/C9H10O3.H2O/c10-8-4-1-7(2-5-8)3-6-9(11)12;/h1-2,4-5,10H,3,6H2,(H,11,12);1H2. The molecule has 4 N–H and O–H groups in total. The SMILES string of the molecule is O.O=C(O)CCc1ccc(O)cc1. The highest BCUT2D eigenvalue weighted by Crippen LogP contribution is 2.10. The largest absolute Gasteiger partial charge is 0.508 e. The van der Waals surface area contributed by atoms with Crippen LogP contribution >= 0.6 is 0 Å². The van der Waals surface area contributed by atoms with E-state index < -0.39 is 5.97 Å². The summed E-state index contributed by atoms with van der Waals surface area (Å²) in [6, 6.07) is 6.55. The highest BCUT2D eigenvalue weighted by atomic mass is 16.4. The molecule has 0 spiro atoms. The fourth-order valence-corrected chi connectivity index (χ4v) is 0.914. The molecule has 13 heavy (non-hydrogen) atoms. The van der Waals surface area contributed by atoms with Crippen LogP contribution in [0.4, 0.5) is 0 Å². The molecule has 0 amide bonds. The van der Waals surface area contributed by atoms with Gasteiger partial charge in [-0.15, -0.1) is 0 Å². The van der Waals surface area contributed by atoms with Crippen LogP contribution < -0.4 is 0 Å². The van der Waals surface area contributed by atoms with Crippen molar-refractivity contribution in [2.24, 2.45) is 0 Å². The van der Waals surface area contributed by atoms with Gasteiger partial charge in [-0.25, -0.2) is 0 Å². The molecule has 0 radical (unpaired) electrons. The Morgan fingerprint density at radius 1 is 1.23 bits per heavy atom. The fraction of sp³-hybridized carbons (Fsp3) is 0.222. The van der Waals surface area contributed by atoms with E-state index in [4.69, 9.17) is 10.2 Å². The van der Waals surface area contributed by atoms with Gasteiger partial charge < -0.3 is 15.7 Å². The minimum absolute atomic E-state index is 0. The molecule has 4 heteroatoms. The summed E-state index contributed by atoms with van der Waals surface area (Å²) in [7, 11) is 0. The summed E-state index contributed by atoms with van der Waals surface area (Å²) < 4.78 is 0. The number of rotatable bonds is 3. The Hall–Kier alpha value is -1.55. The van der Waals surface area contributed by atoms with Gasteiger partial charge in [0, 0.05) is 6.42 Å². The van der Waals surface area contributed by atoms with Gasteiger partial charge in [0.1, 0.15) is 5.75 Å². The molecule has 0 aliphatic carbocycles. The number of phenols is 1. The summed E-state index contributed by atoms with van der Waals surface area (Å²) in [5.41, 5.74) is 0.926. The summed E-state index contributed by atoms with van der Waals surface area (Å²) in [4.78, 5) is 10.2. The number of carbonyl (C=O) groups is 1. The zero-order chi connectivity index (χ0) is 8.97. The number of benzene rings is 1. The van der Waals surface area contributed by atoms with Crippen LogP contribution in [-0.2, 0) is 11.2 Å². The number of phenolic OH excluding ortho intramolecular Hbond substituents is 1. The molecule has 72 valence electrons. The molecule has 0 saturated carbocycles. The number of hydrogen-bond acceptors (Lipinski definition) is 2. The summed E-state index contributed by atoms with van der Waals surface area (Å²) >= 11 is 0. The van der Waals surface area contributed by atoms with Gasteiger partial charge in [0.15, 0.2) is 0 Å². The van der Waals surface area contributed by atoms with E-state index >= 15 is 0 Å². The second-order valence-electron chi connectivity index (χ2n) is 2.56. The van der Waals surface area contributed by atoms with Crippen molar-refractivity contribution >= 4 is 5.97 Å². The molecule has 4 nitrogen and oxygen atoms in total. The van der Waals surface area contributed by atoms with Gasteiger partial charge in [0.2, 0.25) is 0 Å². The van der Waals surface area contributed by atoms with Gasteiger partial charge in [0.05, 0.1) is 0 Å². The van der Waals surface area contributed by atoms with E-state index in [2.05, 4.69) is 0 Å². The van der Waals surface area contributed by atoms with Gasteiger partial charge >= 0.3 is 5.97 Å². The molecule has 0 aliphatic rings. The lowest BCUT2D eigenvalue weighted by Crippen LogP contribution is -1.96. The van der Waals surface area contributed by atoms with E-state index in [0.29, 0.717) is 6.42 Å². The predicted molar refractivity (Wildman–Crippen MR) is 47.7 cm³/mol. The molecular weight excluding hydrogens is 172 g/mol. The number of carboxylic acids is 1. The highest BCUT2D eigenvalue weighted by Gasteiger charge is 1.98. The van der Waals surface area contributed by atoms with E-state index in [1.54, 1.807) is 24.3 Å². The normalized spacial score (nSPS) is 8.92. The maximum Gasteiger partial charge on any atom is 0.303 e. The van der Waals surface area contributed by atoms with Crippen LogP contribution in [0.1, 0.15) is 12.0 Å². The van der Waals surface area contributed by atoms with Crippen molar-refractivity contribution in [2.45, 2.75) is 12.8 Å². The second-order valence-corrected chi connectivity index (χ2v) is 2.56. The molecule has 0 fully saturated rings. The molecule has 1 aromatic carbocycles. The minimum Gasteiger partial charge on any atom is -0.508 e. The van der Waals surface area contributed by atoms with Crippen molar-refractivity contribution in [1.29, 1.82) is 0 Å². The maximum atomic E-state index is 10.2. The molecule has 0 bridgehead atoms. The van der Waals surface area contributed by atoms with Crippen LogP contribution in [0.3, 0.4) is 0 Å². The lowest BCUT2D eigenvalue weighted by molar-refractivity contribution is -0.136. The Bertz CT molecular complexity index is 265. The Labute approximate surface area is 75.8 Å². The Kier molecular flexibility index (Phi) is 4.54. The van der Waals surface area contributed by atoms with E-state index in [1.165, 1.54) is 0 Å². The maximum absolute atomic E-state index is 10.2. The van der Waals surface area contributed by atoms with Crippen molar-refractivity contribution in [1.82, 2.24) is 0 Å². The van der Waals surface area contributed by atoms with Crippen molar-refractivity contribution in [3.05, 3.63) is 29.8 Å². The lowest BCUT2D eigenvalue weighted by Gasteiger charge is -1.97. The summed E-state index contributed by atoms with van der Waals surface area (Å²) in [6.45, 7) is 0. The molecular formula is C9H12O4. The van der Waals surface area contributed by atoms with Crippen molar-refractivity contribution in [3.8, 4) is 5.75 Å². The van der Waals surface area contributed by atoms with Crippen LogP contribution in [0.25, 0.3) is 0 Å². The zero-order valence-corrected chi connectivity index (χ0v) is 7.03. The third-order valence-electron chi connectivity index (χ3n) is 1.56. The van der Waals surface area contributed by atoms with E-state index in [1.807, 2.05) is 0 Å². The highest BCUT2D eigenvalue weighted by molar-refractivity contribution is 5.67. The molecule has 0 atom stereocenters. The number of aryl methyl sites for hydroxylation is 1. The third-order valence-corrected chi connectivity index (χ3v) is 1.56. The Morgan fingerprint density at radius 2 is 1.77 bits per heavy atom. The quantitative estimate of drug-likeness (QED) is 0.720. The van der Waals surface area contributed by atoms with Gasteiger partial charge in [-0.2, -0.15) is 0 Å². The van der Waals surface area contributed by atoms with Crippen LogP contribution in [0, 0.1) is 0 Å². The van der Waals surface area contributed by atoms with Crippen LogP contribution in [0.5, 0.6) is 5.75 Å². The first-order valence-corrected chi connectivity index (χ1v) is 3.68. The molecule has 0 unspecified atom stereocenters. The summed E-state index contributed by atoms with van der Waals surface area (Å²) in [5.74, 6) is -0.600. The van der Waals surface area contributed by atoms with Crippen molar-refractivity contribution < 1.29 is 20.5 Å². The number of hydrogen-bond donors (Lipinski definition) is 2. The van der Waals surface area contributed by atoms with E-state index in [0.717, 1.165) is 5.56 Å². The molecule has 1 rings (SSSR count). The monoisotopic (exact) mass is 184 g/mol. The summed E-state index contributed by atoms with van der Waals surface area (Å²) in [5, 5.41) is 17.3. The lowest BCUT2D eigenvalue weighted by atomic mass is 10.1. The van der Waals surface area contributed by atoms with Crippen molar-refractivity contribution in [3.63, 3.8) is 0 Å². The predicted octanol–water partition coefficient (Wildman–Crippen LogP) is 0.585. The molecule has 1 aromatic rings. The number of aromatic hydroxyl groups is 1. The van der Waals surface area contributed by atoms with Crippen LogP contribution in [-0.4, -0.2) is 21.7 Å². The first kappa shape index (κ1) is 11.4. The summed E-state index contributed by atoms with van der Waals surface area (Å²) in [6.07, 6.45) is 0.639.